The Morgan fingerprint density at radius 1 is 1.45 bits per heavy atom. The predicted molar refractivity (Wildman–Crippen MR) is 77.2 cm³/mol. The number of nitrogens with zero attached hydrogens (tertiary/aromatic N) is 3. The Hall–Kier alpha value is -2.19. The van der Waals surface area contributed by atoms with Crippen molar-refractivity contribution in [3.8, 4) is 0 Å². The smallest absolute Gasteiger partial charge is 0.269 e. The number of nitrogens with one attached hydrogen (secondary N) is 1. The number of aryl methyl sites for hydroxylation is 1. The molecule has 0 saturated heterocycles. The molecule has 8 heteroatoms. The number of anilines is 1. The summed E-state index contributed by atoms with van der Waals surface area (Å²) in [7, 11) is 0. The van der Waals surface area contributed by atoms with Crippen molar-refractivity contribution in [1.82, 2.24) is 9.97 Å². The van der Waals surface area contributed by atoms with Crippen molar-refractivity contribution < 1.29 is 4.92 Å². The van der Waals surface area contributed by atoms with Crippen molar-refractivity contribution in [3.05, 3.63) is 51.8 Å². The van der Waals surface area contributed by atoms with Crippen molar-refractivity contribution >= 4 is 23.1 Å². The number of hydrogen-bond donors (Lipinski definition) is 2. The van der Waals surface area contributed by atoms with Gasteiger partial charge in [0.05, 0.1) is 10.6 Å². The summed E-state index contributed by atoms with van der Waals surface area (Å²) in [5.74, 6) is 5.90. The second-order valence-electron chi connectivity index (χ2n) is 4.01. The van der Waals surface area contributed by atoms with E-state index in [0.29, 0.717) is 16.6 Å². The third-order valence-electron chi connectivity index (χ3n) is 2.58. The van der Waals surface area contributed by atoms with Gasteiger partial charge in [-0.25, -0.2) is 9.97 Å². The van der Waals surface area contributed by atoms with Gasteiger partial charge in [-0.3, -0.25) is 16.0 Å². The molecule has 2 aromatic rings. The Labute approximate surface area is 119 Å². The van der Waals surface area contributed by atoms with Crippen LogP contribution in [0.5, 0.6) is 0 Å². The van der Waals surface area contributed by atoms with Crippen LogP contribution in [0.3, 0.4) is 0 Å². The number of benzene rings is 1. The van der Waals surface area contributed by atoms with Crippen LogP contribution in [0.1, 0.15) is 11.3 Å². The van der Waals surface area contributed by atoms with E-state index < -0.39 is 4.92 Å². The van der Waals surface area contributed by atoms with Crippen LogP contribution < -0.4 is 11.3 Å². The van der Waals surface area contributed by atoms with Crippen LogP contribution in [-0.4, -0.2) is 14.9 Å². The fourth-order valence-electron chi connectivity index (χ4n) is 1.59. The molecule has 0 spiro atoms. The summed E-state index contributed by atoms with van der Waals surface area (Å²) >= 11 is 1.40. The van der Waals surface area contributed by atoms with Crippen LogP contribution in [0.15, 0.2) is 35.6 Å². The van der Waals surface area contributed by atoms with Gasteiger partial charge in [-0.2, -0.15) is 0 Å². The number of nitro groups is 1. The maximum Gasteiger partial charge on any atom is 0.269 e. The standard InChI is InChI=1S/C12H13N5O2S/c1-8-4-5-14-12(15-8)20-7-9-6-10(17(18)19)2-3-11(9)16-13/h2-6,16H,7,13H2,1H3. The van der Waals surface area contributed by atoms with Crippen LogP contribution in [0.25, 0.3) is 0 Å². The van der Waals surface area contributed by atoms with Gasteiger partial charge in [-0.15, -0.1) is 0 Å². The summed E-state index contributed by atoms with van der Waals surface area (Å²) in [6.07, 6.45) is 1.68. The lowest BCUT2D eigenvalue weighted by Crippen LogP contribution is -2.09. The highest BCUT2D eigenvalue weighted by Gasteiger charge is 2.11. The lowest BCUT2D eigenvalue weighted by atomic mass is 10.2. The van der Waals surface area contributed by atoms with Crippen molar-refractivity contribution in [2.24, 2.45) is 5.84 Å². The number of nitro benzene ring substituents is 1. The summed E-state index contributed by atoms with van der Waals surface area (Å²) in [6, 6.07) is 6.31. The molecule has 0 aliphatic heterocycles. The Bertz CT molecular complexity index is 635. The van der Waals surface area contributed by atoms with E-state index in [1.54, 1.807) is 12.3 Å². The van der Waals surface area contributed by atoms with E-state index >= 15 is 0 Å². The minimum absolute atomic E-state index is 0.0322. The summed E-state index contributed by atoms with van der Waals surface area (Å²) in [6.45, 7) is 1.88. The number of hydrogen-bond acceptors (Lipinski definition) is 7. The number of nitrogens with two attached hydrogens (primary N) is 1. The molecular formula is C12H13N5O2S. The Morgan fingerprint density at radius 3 is 2.90 bits per heavy atom. The van der Waals surface area contributed by atoms with E-state index in [2.05, 4.69) is 15.4 Å². The van der Waals surface area contributed by atoms with Gasteiger partial charge in [-0.05, 0) is 24.6 Å². The molecule has 0 bridgehead atoms. The molecule has 7 nitrogen and oxygen atoms in total. The largest absolute Gasteiger partial charge is 0.324 e. The second kappa shape index (κ2) is 6.31. The Balaban J connectivity index is 2.19. The molecule has 0 unspecified atom stereocenters. The van der Waals surface area contributed by atoms with Gasteiger partial charge in [0.2, 0.25) is 0 Å². The number of nitrogen functional groups attached to an aromatic ring is 1. The fraction of sp³-hybridized carbons (Fsp3) is 0.167. The molecule has 1 heterocycles. The van der Waals surface area contributed by atoms with Crippen molar-refractivity contribution in [1.29, 1.82) is 0 Å². The van der Waals surface area contributed by atoms with Crippen molar-refractivity contribution in [2.45, 2.75) is 17.8 Å². The lowest BCUT2D eigenvalue weighted by molar-refractivity contribution is -0.384. The number of rotatable bonds is 5. The molecule has 3 N–H and O–H groups in total. The molecule has 1 aromatic heterocycles. The molecule has 0 aliphatic rings. The first kappa shape index (κ1) is 14.2. The first-order valence-corrected chi connectivity index (χ1v) is 6.75. The molecular weight excluding hydrogens is 278 g/mol. The van der Waals surface area contributed by atoms with E-state index in [1.807, 2.05) is 13.0 Å². The third-order valence-corrected chi connectivity index (χ3v) is 3.49. The van der Waals surface area contributed by atoms with Crippen LogP contribution in [0, 0.1) is 17.0 Å². The molecule has 0 aliphatic carbocycles. The molecule has 0 amide bonds. The lowest BCUT2D eigenvalue weighted by Gasteiger charge is -2.08. The zero-order chi connectivity index (χ0) is 14.5. The van der Waals surface area contributed by atoms with E-state index in [0.717, 1.165) is 11.3 Å². The maximum atomic E-state index is 10.8. The number of aromatic nitrogens is 2. The summed E-state index contributed by atoms with van der Waals surface area (Å²) < 4.78 is 0. The second-order valence-corrected chi connectivity index (χ2v) is 4.95. The Morgan fingerprint density at radius 2 is 2.25 bits per heavy atom. The van der Waals surface area contributed by atoms with Gasteiger partial charge >= 0.3 is 0 Å². The molecule has 0 saturated carbocycles. The van der Waals surface area contributed by atoms with E-state index in [-0.39, 0.29) is 5.69 Å². The molecule has 20 heavy (non-hydrogen) atoms. The highest BCUT2D eigenvalue weighted by Crippen LogP contribution is 2.27. The summed E-state index contributed by atoms with van der Waals surface area (Å²) in [5.41, 5.74) is 4.82. The minimum atomic E-state index is -0.433. The number of non-ortho nitro benzene ring substituents is 1. The normalized spacial score (nSPS) is 10.3. The average molecular weight is 291 g/mol. The van der Waals surface area contributed by atoms with Gasteiger partial charge in [-0.1, -0.05) is 11.8 Å². The van der Waals surface area contributed by atoms with Crippen molar-refractivity contribution in [2.75, 3.05) is 5.43 Å². The van der Waals surface area contributed by atoms with Crippen LogP contribution in [0.4, 0.5) is 11.4 Å². The van der Waals surface area contributed by atoms with Gasteiger partial charge in [0.15, 0.2) is 5.16 Å². The molecule has 104 valence electrons. The molecule has 0 fully saturated rings. The summed E-state index contributed by atoms with van der Waals surface area (Å²) in [5, 5.41) is 11.4. The Kier molecular flexibility index (Phi) is 4.49. The molecule has 1 aromatic carbocycles. The minimum Gasteiger partial charge on any atom is -0.324 e. The van der Waals surface area contributed by atoms with Gasteiger partial charge < -0.3 is 5.43 Å². The topological polar surface area (TPSA) is 107 Å². The average Bonchev–Trinajstić information content (AvgIpc) is 2.44. The van der Waals surface area contributed by atoms with Gasteiger partial charge in [0.25, 0.3) is 5.69 Å². The molecule has 2 rings (SSSR count). The van der Waals surface area contributed by atoms with Crippen LogP contribution in [0.2, 0.25) is 0 Å². The van der Waals surface area contributed by atoms with Crippen molar-refractivity contribution in [3.63, 3.8) is 0 Å². The maximum absolute atomic E-state index is 10.8. The predicted octanol–water partition coefficient (Wildman–Crippen LogP) is 2.27. The fourth-order valence-corrected chi connectivity index (χ4v) is 2.46. The highest BCUT2D eigenvalue weighted by atomic mass is 32.2. The molecule has 0 atom stereocenters. The third kappa shape index (κ3) is 3.43. The number of thioether (sulfide) groups is 1. The quantitative estimate of drug-likeness (QED) is 0.286. The molecule has 0 radical (unpaired) electrons. The summed E-state index contributed by atoms with van der Waals surface area (Å²) in [4.78, 5) is 18.8. The SMILES string of the molecule is Cc1ccnc(SCc2cc([N+](=O)[O-])ccc2NN)n1. The van der Waals surface area contributed by atoms with E-state index in [1.165, 1.54) is 23.9 Å². The zero-order valence-corrected chi connectivity index (χ0v) is 11.6. The van der Waals surface area contributed by atoms with E-state index in [9.17, 15) is 10.1 Å². The first-order valence-electron chi connectivity index (χ1n) is 5.76. The monoisotopic (exact) mass is 291 g/mol. The zero-order valence-electron chi connectivity index (χ0n) is 10.7. The first-order chi connectivity index (χ1) is 9.60. The van der Waals surface area contributed by atoms with E-state index in [4.69, 9.17) is 5.84 Å². The highest BCUT2D eigenvalue weighted by molar-refractivity contribution is 7.98. The van der Waals surface area contributed by atoms with Crippen LogP contribution in [-0.2, 0) is 5.75 Å². The van der Waals surface area contributed by atoms with Gasteiger partial charge in [0, 0.05) is 29.8 Å². The van der Waals surface area contributed by atoms with Crippen LogP contribution >= 0.6 is 11.8 Å². The number of hydrazine groups is 1. The van der Waals surface area contributed by atoms with Gasteiger partial charge in [0.1, 0.15) is 0 Å².